The molecule has 0 aliphatic heterocycles. The summed E-state index contributed by atoms with van der Waals surface area (Å²) in [5.41, 5.74) is 1.28. The quantitative estimate of drug-likeness (QED) is 0.808. The van der Waals surface area contributed by atoms with Gasteiger partial charge in [-0.1, -0.05) is 23.7 Å². The summed E-state index contributed by atoms with van der Waals surface area (Å²) in [5.74, 6) is -0.818. The van der Waals surface area contributed by atoms with Crippen LogP contribution in [0.1, 0.15) is 15.9 Å². The van der Waals surface area contributed by atoms with Gasteiger partial charge in [0.1, 0.15) is 0 Å². The Balaban J connectivity index is 2.09. The Morgan fingerprint density at radius 2 is 2.16 bits per heavy atom. The van der Waals surface area contributed by atoms with Crippen LogP contribution in [-0.4, -0.2) is 22.8 Å². The molecule has 0 aliphatic rings. The zero-order valence-corrected chi connectivity index (χ0v) is 11.1. The molecule has 0 fully saturated rings. The molecule has 98 valence electrons. The monoisotopic (exact) mass is 278 g/mol. The Labute approximate surface area is 115 Å². The zero-order valence-electron chi connectivity index (χ0n) is 10.3. The third-order valence-corrected chi connectivity index (χ3v) is 2.86. The fourth-order valence-electron chi connectivity index (χ4n) is 1.70. The Bertz CT molecular complexity index is 586. The van der Waals surface area contributed by atoms with Gasteiger partial charge in [-0.15, -0.1) is 0 Å². The van der Waals surface area contributed by atoms with E-state index in [1.807, 2.05) is 12.1 Å². The first-order chi connectivity index (χ1) is 9.06. The molecule has 5 heteroatoms. The van der Waals surface area contributed by atoms with Crippen molar-refractivity contribution < 1.29 is 9.18 Å². The second-order valence-electron chi connectivity index (χ2n) is 4.16. The van der Waals surface area contributed by atoms with Crippen LogP contribution in [0.5, 0.6) is 0 Å². The maximum atomic E-state index is 12.7. The SMILES string of the molecule is CN(Cc1cccc(Cl)c1)C(=O)c1ccc(F)nc1. The first-order valence-electron chi connectivity index (χ1n) is 5.68. The molecule has 1 amide bonds. The molecule has 19 heavy (non-hydrogen) atoms. The molecule has 0 saturated carbocycles. The van der Waals surface area contributed by atoms with Gasteiger partial charge in [-0.25, -0.2) is 4.98 Å². The number of hydrogen-bond donors (Lipinski definition) is 0. The standard InChI is InChI=1S/C14H12ClFN2O/c1-18(9-10-3-2-4-12(15)7-10)14(19)11-5-6-13(16)17-8-11/h2-8H,9H2,1H3. The van der Waals surface area contributed by atoms with Crippen molar-refractivity contribution in [2.75, 3.05) is 7.05 Å². The molecular formula is C14H12ClFN2O. The second kappa shape index (κ2) is 5.80. The first kappa shape index (κ1) is 13.5. The van der Waals surface area contributed by atoms with Gasteiger partial charge in [0.25, 0.3) is 5.91 Å². The van der Waals surface area contributed by atoms with E-state index < -0.39 is 5.95 Å². The molecule has 2 rings (SSSR count). The van der Waals surface area contributed by atoms with Crippen LogP contribution in [0.4, 0.5) is 4.39 Å². The molecule has 0 N–H and O–H groups in total. The van der Waals surface area contributed by atoms with Crippen molar-refractivity contribution in [2.45, 2.75) is 6.54 Å². The van der Waals surface area contributed by atoms with Crippen molar-refractivity contribution in [2.24, 2.45) is 0 Å². The molecule has 0 unspecified atom stereocenters. The minimum atomic E-state index is -0.603. The number of pyridine rings is 1. The van der Waals surface area contributed by atoms with E-state index in [0.717, 1.165) is 5.56 Å². The number of carbonyl (C=O) groups excluding carboxylic acids is 1. The number of benzene rings is 1. The summed E-state index contributed by atoms with van der Waals surface area (Å²) in [6, 6.07) is 9.87. The summed E-state index contributed by atoms with van der Waals surface area (Å²) in [6.07, 6.45) is 1.23. The third kappa shape index (κ3) is 3.51. The number of rotatable bonds is 3. The first-order valence-corrected chi connectivity index (χ1v) is 6.05. The van der Waals surface area contributed by atoms with Crippen LogP contribution in [0.15, 0.2) is 42.6 Å². The van der Waals surface area contributed by atoms with E-state index in [-0.39, 0.29) is 5.91 Å². The van der Waals surface area contributed by atoms with Gasteiger partial charge in [0.2, 0.25) is 5.95 Å². The molecule has 0 aliphatic carbocycles. The van der Waals surface area contributed by atoms with E-state index in [9.17, 15) is 9.18 Å². The van der Waals surface area contributed by atoms with E-state index in [1.165, 1.54) is 23.2 Å². The van der Waals surface area contributed by atoms with Gasteiger partial charge in [0.05, 0.1) is 5.56 Å². The van der Waals surface area contributed by atoms with Gasteiger partial charge in [-0.3, -0.25) is 4.79 Å². The van der Waals surface area contributed by atoms with Crippen LogP contribution in [0.2, 0.25) is 5.02 Å². The van der Waals surface area contributed by atoms with Gasteiger partial charge in [-0.05, 0) is 29.8 Å². The fraction of sp³-hybridized carbons (Fsp3) is 0.143. The lowest BCUT2D eigenvalue weighted by Crippen LogP contribution is -2.26. The van der Waals surface area contributed by atoms with E-state index in [2.05, 4.69) is 4.98 Å². The topological polar surface area (TPSA) is 33.2 Å². The molecule has 0 radical (unpaired) electrons. The van der Waals surface area contributed by atoms with Crippen molar-refractivity contribution in [1.29, 1.82) is 0 Å². The molecule has 1 heterocycles. The van der Waals surface area contributed by atoms with Gasteiger partial charge in [-0.2, -0.15) is 4.39 Å². The maximum absolute atomic E-state index is 12.7. The van der Waals surface area contributed by atoms with Crippen molar-refractivity contribution in [3.63, 3.8) is 0 Å². The molecule has 0 saturated heterocycles. The third-order valence-electron chi connectivity index (χ3n) is 2.63. The highest BCUT2D eigenvalue weighted by Gasteiger charge is 2.12. The lowest BCUT2D eigenvalue weighted by Gasteiger charge is -2.17. The van der Waals surface area contributed by atoms with Crippen LogP contribution in [0.3, 0.4) is 0 Å². The predicted octanol–water partition coefficient (Wildman–Crippen LogP) is 3.15. The van der Waals surface area contributed by atoms with E-state index in [0.29, 0.717) is 17.1 Å². The summed E-state index contributed by atoms with van der Waals surface area (Å²) in [7, 11) is 1.67. The Morgan fingerprint density at radius 3 is 2.79 bits per heavy atom. The van der Waals surface area contributed by atoms with Crippen LogP contribution in [0.25, 0.3) is 0 Å². The summed E-state index contributed by atoms with van der Waals surface area (Å²) in [4.78, 5) is 17.1. The van der Waals surface area contributed by atoms with E-state index in [1.54, 1.807) is 19.2 Å². The van der Waals surface area contributed by atoms with Crippen LogP contribution in [0, 0.1) is 5.95 Å². The van der Waals surface area contributed by atoms with Gasteiger partial charge >= 0.3 is 0 Å². The molecule has 0 atom stereocenters. The highest BCUT2D eigenvalue weighted by Crippen LogP contribution is 2.13. The maximum Gasteiger partial charge on any atom is 0.255 e. The Hall–Kier alpha value is -1.94. The molecule has 2 aromatic rings. The Morgan fingerprint density at radius 1 is 1.37 bits per heavy atom. The molecule has 0 spiro atoms. The van der Waals surface area contributed by atoms with Gasteiger partial charge < -0.3 is 4.90 Å². The van der Waals surface area contributed by atoms with Crippen LogP contribution < -0.4 is 0 Å². The minimum absolute atomic E-state index is 0.215. The van der Waals surface area contributed by atoms with Gasteiger partial charge in [0, 0.05) is 24.8 Å². The van der Waals surface area contributed by atoms with Crippen molar-refractivity contribution >= 4 is 17.5 Å². The number of hydrogen-bond acceptors (Lipinski definition) is 2. The molecular weight excluding hydrogens is 267 g/mol. The van der Waals surface area contributed by atoms with Crippen molar-refractivity contribution in [3.05, 3.63) is 64.7 Å². The molecule has 0 bridgehead atoms. The average molecular weight is 279 g/mol. The predicted molar refractivity (Wildman–Crippen MR) is 71.4 cm³/mol. The Kier molecular flexibility index (Phi) is 4.12. The smallest absolute Gasteiger partial charge is 0.255 e. The summed E-state index contributed by atoms with van der Waals surface area (Å²) >= 11 is 5.89. The second-order valence-corrected chi connectivity index (χ2v) is 4.60. The van der Waals surface area contributed by atoms with Crippen molar-refractivity contribution in [3.8, 4) is 0 Å². The largest absolute Gasteiger partial charge is 0.337 e. The zero-order chi connectivity index (χ0) is 13.8. The lowest BCUT2D eigenvalue weighted by molar-refractivity contribution is 0.0784. The number of halogens is 2. The molecule has 1 aromatic heterocycles. The fourth-order valence-corrected chi connectivity index (χ4v) is 1.92. The number of aromatic nitrogens is 1. The van der Waals surface area contributed by atoms with Crippen LogP contribution in [-0.2, 0) is 6.54 Å². The van der Waals surface area contributed by atoms with Crippen LogP contribution >= 0.6 is 11.6 Å². The molecule has 3 nitrogen and oxygen atoms in total. The van der Waals surface area contributed by atoms with Crippen molar-refractivity contribution in [1.82, 2.24) is 9.88 Å². The number of carbonyl (C=O) groups is 1. The summed E-state index contributed by atoms with van der Waals surface area (Å²) in [6.45, 7) is 0.427. The minimum Gasteiger partial charge on any atom is -0.337 e. The molecule has 1 aromatic carbocycles. The number of nitrogens with zero attached hydrogens (tertiary/aromatic N) is 2. The number of amides is 1. The summed E-state index contributed by atoms with van der Waals surface area (Å²) < 4.78 is 12.7. The van der Waals surface area contributed by atoms with E-state index in [4.69, 9.17) is 11.6 Å². The highest BCUT2D eigenvalue weighted by atomic mass is 35.5. The normalized spacial score (nSPS) is 10.3. The lowest BCUT2D eigenvalue weighted by atomic mass is 10.2. The summed E-state index contributed by atoms with van der Waals surface area (Å²) in [5, 5.41) is 0.627. The van der Waals surface area contributed by atoms with Gasteiger partial charge in [0.15, 0.2) is 0 Å². The average Bonchev–Trinajstić information content (AvgIpc) is 2.39. The van der Waals surface area contributed by atoms with E-state index >= 15 is 0 Å². The highest BCUT2D eigenvalue weighted by molar-refractivity contribution is 6.30.